The number of aromatic amines is 1. The molecule has 10 nitrogen and oxygen atoms in total. The summed E-state index contributed by atoms with van der Waals surface area (Å²) < 4.78 is 70.2. The van der Waals surface area contributed by atoms with Gasteiger partial charge in [0.2, 0.25) is 5.91 Å². The second-order valence-electron chi connectivity index (χ2n) is 9.09. The molecule has 1 amide bonds. The van der Waals surface area contributed by atoms with Gasteiger partial charge in [0.15, 0.2) is 23.1 Å². The van der Waals surface area contributed by atoms with Gasteiger partial charge in [-0.15, -0.1) is 12.4 Å². The molecule has 0 unspecified atom stereocenters. The molecule has 0 aliphatic carbocycles. The lowest BCUT2D eigenvalue weighted by molar-refractivity contribution is -0.137. The van der Waals surface area contributed by atoms with Crippen LogP contribution in [-0.4, -0.2) is 37.3 Å². The number of carbonyl (C=O) groups excluding carboxylic acids is 1. The minimum Gasteiger partial charge on any atom is -0.493 e. The number of alkyl halides is 3. The molecule has 2 N–H and O–H groups in total. The van der Waals surface area contributed by atoms with E-state index in [4.69, 9.17) is 21.1 Å². The number of halogens is 6. The van der Waals surface area contributed by atoms with E-state index < -0.39 is 35.7 Å². The SMILES string of the molecule is COc1cc(-c2cc(C(F)(F)F)cc3c2n(C)c(=O)n3CC(=O)Nc2cccc(Cl)c2)cc(F)c1OCc1ncn[nH]1.Cl. The van der Waals surface area contributed by atoms with Gasteiger partial charge in [-0.25, -0.2) is 14.2 Å². The molecule has 0 saturated carbocycles. The van der Waals surface area contributed by atoms with Crippen molar-refractivity contribution in [2.24, 2.45) is 7.05 Å². The van der Waals surface area contributed by atoms with Crippen LogP contribution in [0.4, 0.5) is 23.2 Å². The number of imidazole rings is 1. The molecule has 2 heterocycles. The molecule has 2 aromatic heterocycles. The van der Waals surface area contributed by atoms with Gasteiger partial charge in [0.25, 0.3) is 0 Å². The summed E-state index contributed by atoms with van der Waals surface area (Å²) in [6.45, 7) is -0.787. The van der Waals surface area contributed by atoms with Gasteiger partial charge in [0.05, 0.1) is 23.7 Å². The van der Waals surface area contributed by atoms with Crippen LogP contribution in [0.25, 0.3) is 22.2 Å². The number of methoxy groups -OCH3 is 1. The summed E-state index contributed by atoms with van der Waals surface area (Å²) in [6.07, 6.45) is -3.59. The van der Waals surface area contributed by atoms with Crippen LogP contribution in [-0.2, 0) is 31.2 Å². The summed E-state index contributed by atoms with van der Waals surface area (Å²) in [6, 6.07) is 10.1. The highest BCUT2D eigenvalue weighted by Crippen LogP contribution is 2.41. The third-order valence-electron chi connectivity index (χ3n) is 6.33. The van der Waals surface area contributed by atoms with E-state index >= 15 is 4.39 Å². The van der Waals surface area contributed by atoms with Crippen LogP contribution in [0, 0.1) is 5.82 Å². The Kier molecular flexibility index (Phi) is 9.01. The van der Waals surface area contributed by atoms with Crippen molar-refractivity contribution >= 4 is 46.6 Å². The Balaban J connectivity index is 0.00000423. The molecule has 16 heteroatoms. The van der Waals surface area contributed by atoms with Crippen LogP contribution in [0.5, 0.6) is 11.5 Å². The Labute approximate surface area is 251 Å². The number of aryl methyl sites for hydroxylation is 1. The van der Waals surface area contributed by atoms with E-state index in [9.17, 15) is 22.8 Å². The number of H-pyrrole nitrogens is 1. The molecule has 0 fully saturated rings. The summed E-state index contributed by atoms with van der Waals surface area (Å²) in [5.41, 5.74) is -1.81. The van der Waals surface area contributed by atoms with Gasteiger partial charge in [-0.3, -0.25) is 19.0 Å². The molecule has 0 aliphatic heterocycles. The van der Waals surface area contributed by atoms with Gasteiger partial charge in [-0.2, -0.15) is 18.3 Å². The molecule has 0 atom stereocenters. The molecular formula is C27H22Cl2F4N6O4. The van der Waals surface area contributed by atoms with Crippen molar-refractivity contribution in [2.45, 2.75) is 19.3 Å². The summed E-state index contributed by atoms with van der Waals surface area (Å²) >= 11 is 5.95. The van der Waals surface area contributed by atoms with Gasteiger partial charge in [0.1, 0.15) is 19.5 Å². The lowest BCUT2D eigenvalue weighted by Crippen LogP contribution is -2.28. The molecule has 43 heavy (non-hydrogen) atoms. The number of benzene rings is 3. The van der Waals surface area contributed by atoms with E-state index in [-0.39, 0.29) is 52.7 Å². The largest absolute Gasteiger partial charge is 0.493 e. The topological polar surface area (TPSA) is 116 Å². The first-order valence-corrected chi connectivity index (χ1v) is 12.5. The van der Waals surface area contributed by atoms with E-state index in [1.807, 2.05) is 0 Å². The summed E-state index contributed by atoms with van der Waals surface area (Å²) in [5, 5.41) is 9.16. The fourth-order valence-electron chi connectivity index (χ4n) is 4.46. The van der Waals surface area contributed by atoms with Gasteiger partial charge in [-0.1, -0.05) is 17.7 Å². The number of aromatic nitrogens is 5. The maximum atomic E-state index is 15.3. The number of carbonyl (C=O) groups is 1. The maximum Gasteiger partial charge on any atom is 0.416 e. The van der Waals surface area contributed by atoms with E-state index in [2.05, 4.69) is 20.5 Å². The van der Waals surface area contributed by atoms with Crippen LogP contribution in [0.15, 0.2) is 59.7 Å². The number of hydrogen-bond acceptors (Lipinski definition) is 6. The van der Waals surface area contributed by atoms with Crippen LogP contribution >= 0.6 is 24.0 Å². The van der Waals surface area contributed by atoms with Crippen molar-refractivity contribution in [1.82, 2.24) is 24.3 Å². The number of nitrogens with one attached hydrogen (secondary N) is 2. The highest BCUT2D eigenvalue weighted by molar-refractivity contribution is 6.30. The fraction of sp³-hybridized carbons (Fsp3) is 0.185. The number of hydrogen-bond donors (Lipinski definition) is 2. The number of nitrogens with zero attached hydrogens (tertiary/aromatic N) is 4. The molecule has 0 saturated heterocycles. The average molecular weight is 641 g/mol. The molecule has 5 rings (SSSR count). The molecular weight excluding hydrogens is 619 g/mol. The van der Waals surface area contributed by atoms with Crippen molar-refractivity contribution in [1.29, 1.82) is 0 Å². The molecule has 0 radical (unpaired) electrons. The van der Waals surface area contributed by atoms with Gasteiger partial charge in [0, 0.05) is 23.3 Å². The van der Waals surface area contributed by atoms with Crippen LogP contribution in [0.3, 0.4) is 0 Å². The van der Waals surface area contributed by atoms with E-state index in [1.165, 1.54) is 32.6 Å². The zero-order valence-corrected chi connectivity index (χ0v) is 23.9. The third-order valence-corrected chi connectivity index (χ3v) is 6.56. The van der Waals surface area contributed by atoms with Crippen LogP contribution < -0.4 is 20.5 Å². The number of rotatable bonds is 8. The first-order valence-electron chi connectivity index (χ1n) is 12.2. The highest BCUT2D eigenvalue weighted by atomic mass is 35.5. The number of fused-ring (bicyclic) bond motifs is 1. The first-order chi connectivity index (χ1) is 20.0. The second kappa shape index (κ2) is 12.4. The number of anilines is 1. The predicted molar refractivity (Wildman–Crippen MR) is 152 cm³/mol. The molecule has 0 bridgehead atoms. The molecule has 0 spiro atoms. The predicted octanol–water partition coefficient (Wildman–Crippen LogP) is 5.58. The molecule has 226 valence electrons. The molecule has 3 aromatic carbocycles. The summed E-state index contributed by atoms with van der Waals surface area (Å²) in [7, 11) is 2.58. The Hall–Kier alpha value is -4.56. The number of amides is 1. The van der Waals surface area contributed by atoms with Crippen LogP contribution in [0.1, 0.15) is 11.4 Å². The second-order valence-corrected chi connectivity index (χ2v) is 9.52. The van der Waals surface area contributed by atoms with E-state index in [0.29, 0.717) is 16.5 Å². The zero-order valence-electron chi connectivity index (χ0n) is 22.3. The average Bonchev–Trinajstić information content (AvgIpc) is 3.54. The minimum absolute atomic E-state index is 0. The van der Waals surface area contributed by atoms with Gasteiger partial charge < -0.3 is 14.8 Å². The van der Waals surface area contributed by atoms with Crippen molar-refractivity contribution in [3.63, 3.8) is 0 Å². The first kappa shape index (κ1) is 31.4. The van der Waals surface area contributed by atoms with E-state index in [0.717, 1.165) is 27.3 Å². The maximum absolute atomic E-state index is 15.3. The number of ether oxygens (including phenoxy) is 2. The lowest BCUT2D eigenvalue weighted by atomic mass is 9.99. The zero-order chi connectivity index (χ0) is 30.2. The van der Waals surface area contributed by atoms with Gasteiger partial charge >= 0.3 is 11.9 Å². The third kappa shape index (κ3) is 6.44. The molecule has 0 aliphatic rings. The summed E-state index contributed by atoms with van der Waals surface area (Å²) in [5.74, 6) is -1.71. The fourth-order valence-corrected chi connectivity index (χ4v) is 4.65. The van der Waals surface area contributed by atoms with Crippen molar-refractivity contribution in [2.75, 3.05) is 12.4 Å². The minimum atomic E-state index is -4.83. The van der Waals surface area contributed by atoms with Gasteiger partial charge in [-0.05, 0) is 48.0 Å². The summed E-state index contributed by atoms with van der Waals surface area (Å²) in [4.78, 5) is 29.9. The van der Waals surface area contributed by atoms with E-state index in [1.54, 1.807) is 18.2 Å². The molecule has 5 aromatic rings. The van der Waals surface area contributed by atoms with Crippen molar-refractivity contribution in [3.05, 3.63) is 87.6 Å². The standard InChI is InChI=1S/C27H21ClF4N6O4.ClH/c1-37-24-18(14-6-19(29)25(21(7-14)41-2)42-12-22-33-13-34-36-22)8-15(27(30,31)32)9-20(24)38(26(37)40)11-23(39)35-17-5-3-4-16(28)10-17;/h3-10,13H,11-12H2,1-2H3,(H,35,39)(H,33,34,36);1H. The normalized spacial score (nSPS) is 11.3. The lowest BCUT2D eigenvalue weighted by Gasteiger charge is -2.15. The van der Waals surface area contributed by atoms with Crippen LogP contribution in [0.2, 0.25) is 5.02 Å². The quantitative estimate of drug-likeness (QED) is 0.214. The Bertz CT molecular complexity index is 1860. The monoisotopic (exact) mass is 640 g/mol. The highest BCUT2D eigenvalue weighted by Gasteiger charge is 2.33. The Morgan fingerprint density at radius 1 is 1.16 bits per heavy atom. The van der Waals surface area contributed by atoms with Crippen molar-refractivity contribution in [3.8, 4) is 22.6 Å². The smallest absolute Gasteiger partial charge is 0.416 e. The van der Waals surface area contributed by atoms with Crippen molar-refractivity contribution < 1.29 is 31.8 Å². The Morgan fingerprint density at radius 2 is 1.93 bits per heavy atom. The Morgan fingerprint density at radius 3 is 2.58 bits per heavy atom.